The molecule has 0 saturated carbocycles. The lowest BCUT2D eigenvalue weighted by atomic mass is 10.1. The molecule has 0 bridgehead atoms. The second kappa shape index (κ2) is 7.20. The van der Waals surface area contributed by atoms with Crippen LogP contribution in [0.15, 0.2) is 30.0 Å². The molecule has 7 nitrogen and oxygen atoms in total. The third kappa shape index (κ3) is 3.46. The highest BCUT2D eigenvalue weighted by molar-refractivity contribution is 6.33. The first-order valence-electron chi connectivity index (χ1n) is 8.85. The van der Waals surface area contributed by atoms with E-state index in [9.17, 15) is 23.1 Å². The van der Waals surface area contributed by atoms with Crippen LogP contribution in [-0.2, 0) is 11.0 Å². The minimum Gasteiger partial charge on any atom is -0.395 e. The van der Waals surface area contributed by atoms with E-state index in [0.29, 0.717) is 11.3 Å². The number of carbonyl (C=O) groups excluding carboxylic acids is 1. The summed E-state index contributed by atoms with van der Waals surface area (Å²) in [6.07, 6.45) is -2.19. The average molecular weight is 418 g/mol. The number of anilines is 1. The number of likely N-dealkylation sites (tertiary alicyclic amines) is 1. The van der Waals surface area contributed by atoms with Gasteiger partial charge in [0.25, 0.3) is 5.91 Å². The molecule has 0 aliphatic carbocycles. The summed E-state index contributed by atoms with van der Waals surface area (Å²) in [5.74, 6) is -0.296. The molecule has 3 aliphatic rings. The van der Waals surface area contributed by atoms with E-state index < -0.39 is 24.2 Å². The van der Waals surface area contributed by atoms with Gasteiger partial charge < -0.3 is 10.4 Å². The maximum Gasteiger partial charge on any atom is 0.416 e. The SMILES string of the molecule is O=C1NC(N2CCCC2CO)NC2NN(c3ccc(C(F)(F)F)cc3Cl)C=C12. The summed E-state index contributed by atoms with van der Waals surface area (Å²) < 4.78 is 38.5. The quantitative estimate of drug-likeness (QED) is 0.594. The molecule has 152 valence electrons. The summed E-state index contributed by atoms with van der Waals surface area (Å²) in [5.41, 5.74) is 2.89. The second-order valence-corrected chi connectivity index (χ2v) is 7.35. The summed E-state index contributed by atoms with van der Waals surface area (Å²) in [5, 5.41) is 17.0. The maximum atomic E-state index is 12.8. The van der Waals surface area contributed by atoms with Gasteiger partial charge in [-0.3, -0.25) is 20.0 Å². The predicted molar refractivity (Wildman–Crippen MR) is 95.8 cm³/mol. The fourth-order valence-corrected chi connectivity index (χ4v) is 4.05. The highest BCUT2D eigenvalue weighted by Gasteiger charge is 2.41. The first-order valence-corrected chi connectivity index (χ1v) is 9.23. The number of alkyl halides is 3. The summed E-state index contributed by atoms with van der Waals surface area (Å²) in [6, 6.07) is 3.01. The molecule has 11 heteroatoms. The molecule has 2 saturated heterocycles. The molecule has 3 unspecified atom stereocenters. The van der Waals surface area contributed by atoms with E-state index in [1.54, 1.807) is 0 Å². The van der Waals surface area contributed by atoms with Crippen LogP contribution in [0.25, 0.3) is 0 Å². The Morgan fingerprint density at radius 2 is 2.11 bits per heavy atom. The highest BCUT2D eigenvalue weighted by atomic mass is 35.5. The monoisotopic (exact) mass is 417 g/mol. The summed E-state index contributed by atoms with van der Waals surface area (Å²) >= 11 is 6.05. The van der Waals surface area contributed by atoms with Crippen LogP contribution in [-0.4, -0.2) is 47.6 Å². The zero-order valence-corrected chi connectivity index (χ0v) is 15.4. The summed E-state index contributed by atoms with van der Waals surface area (Å²) in [4.78, 5) is 14.5. The van der Waals surface area contributed by atoms with E-state index in [4.69, 9.17) is 11.6 Å². The molecule has 1 amide bonds. The lowest BCUT2D eigenvalue weighted by molar-refractivity contribution is -0.137. The van der Waals surface area contributed by atoms with Crippen molar-refractivity contribution in [2.24, 2.45) is 0 Å². The number of carbonyl (C=O) groups is 1. The van der Waals surface area contributed by atoms with Crippen molar-refractivity contribution in [2.45, 2.75) is 37.5 Å². The number of hydrogen-bond donors (Lipinski definition) is 4. The van der Waals surface area contributed by atoms with Crippen molar-refractivity contribution in [1.29, 1.82) is 0 Å². The molecular weight excluding hydrogens is 399 g/mol. The van der Waals surface area contributed by atoms with Gasteiger partial charge in [-0.2, -0.15) is 13.2 Å². The Balaban J connectivity index is 1.52. The molecular formula is C17H19ClF3N5O2. The van der Waals surface area contributed by atoms with Gasteiger partial charge >= 0.3 is 6.18 Å². The zero-order valence-electron chi connectivity index (χ0n) is 14.6. The largest absolute Gasteiger partial charge is 0.416 e. The van der Waals surface area contributed by atoms with E-state index >= 15 is 0 Å². The predicted octanol–water partition coefficient (Wildman–Crippen LogP) is 1.35. The maximum absolute atomic E-state index is 12.8. The normalized spacial score (nSPS) is 28.3. The number of fused-ring (bicyclic) bond motifs is 1. The van der Waals surface area contributed by atoms with Crippen LogP contribution in [0.3, 0.4) is 0 Å². The number of hydrogen-bond acceptors (Lipinski definition) is 6. The minimum atomic E-state index is -4.49. The van der Waals surface area contributed by atoms with Gasteiger partial charge in [0.1, 0.15) is 12.5 Å². The molecule has 3 atom stereocenters. The van der Waals surface area contributed by atoms with Crippen LogP contribution < -0.4 is 21.1 Å². The van der Waals surface area contributed by atoms with Crippen LogP contribution in [0.4, 0.5) is 18.9 Å². The lowest BCUT2D eigenvalue weighted by Gasteiger charge is -2.38. The number of hydrazine groups is 1. The number of nitrogens with zero attached hydrogens (tertiary/aromatic N) is 2. The van der Waals surface area contributed by atoms with Crippen molar-refractivity contribution < 1.29 is 23.1 Å². The molecule has 1 aromatic carbocycles. The minimum absolute atomic E-state index is 0.00211. The number of benzene rings is 1. The third-order valence-electron chi connectivity index (χ3n) is 5.20. The van der Waals surface area contributed by atoms with Crippen LogP contribution in [0.2, 0.25) is 5.02 Å². The van der Waals surface area contributed by atoms with Gasteiger partial charge in [0.2, 0.25) is 0 Å². The summed E-state index contributed by atoms with van der Waals surface area (Å²) in [7, 11) is 0. The molecule has 4 N–H and O–H groups in total. The van der Waals surface area contributed by atoms with Crippen molar-refractivity contribution in [3.05, 3.63) is 40.6 Å². The van der Waals surface area contributed by atoms with Gasteiger partial charge in [0.15, 0.2) is 0 Å². The van der Waals surface area contributed by atoms with Gasteiger partial charge in [-0.1, -0.05) is 11.6 Å². The number of amides is 1. The molecule has 4 rings (SSSR count). The third-order valence-corrected chi connectivity index (χ3v) is 5.50. The Bertz CT molecular complexity index is 818. The molecule has 3 aliphatic heterocycles. The van der Waals surface area contributed by atoms with Gasteiger partial charge in [-0.05, 0) is 31.0 Å². The van der Waals surface area contributed by atoms with Crippen LogP contribution in [0.1, 0.15) is 18.4 Å². The number of rotatable bonds is 3. The molecule has 28 heavy (non-hydrogen) atoms. The highest BCUT2D eigenvalue weighted by Crippen LogP contribution is 2.36. The standard InChI is InChI=1S/C17H19ClF3N5O2/c18-12-6-9(17(19,20)21)3-4-13(12)26-7-11-14(24-26)22-16(23-15(11)28)25-5-1-2-10(25)8-27/h3-4,6-7,10,14,16,22,24,27H,1-2,5,8H2,(H,23,28). The van der Waals surface area contributed by atoms with Gasteiger partial charge in [0.05, 0.1) is 28.5 Å². The van der Waals surface area contributed by atoms with Crippen LogP contribution >= 0.6 is 11.6 Å². The van der Waals surface area contributed by atoms with E-state index in [2.05, 4.69) is 16.1 Å². The Labute approximate surface area is 164 Å². The first-order chi connectivity index (χ1) is 13.3. The second-order valence-electron chi connectivity index (χ2n) is 6.94. The average Bonchev–Trinajstić information content (AvgIpc) is 3.27. The van der Waals surface area contributed by atoms with Crippen molar-refractivity contribution in [3.8, 4) is 0 Å². The molecule has 0 spiro atoms. The Morgan fingerprint density at radius 1 is 1.32 bits per heavy atom. The van der Waals surface area contributed by atoms with Gasteiger partial charge in [0, 0.05) is 18.8 Å². The molecule has 0 aromatic heterocycles. The fraction of sp³-hybridized carbons (Fsp3) is 0.471. The Kier molecular flexibility index (Phi) is 5.00. The van der Waals surface area contributed by atoms with E-state index in [1.165, 1.54) is 17.3 Å². The van der Waals surface area contributed by atoms with Crippen LogP contribution in [0, 0.1) is 0 Å². The van der Waals surface area contributed by atoms with Gasteiger partial charge in [-0.25, -0.2) is 5.43 Å². The Morgan fingerprint density at radius 3 is 2.79 bits per heavy atom. The number of halogens is 4. The number of aliphatic hydroxyl groups is 1. The molecule has 3 heterocycles. The van der Waals surface area contributed by atoms with Crippen molar-refractivity contribution in [3.63, 3.8) is 0 Å². The van der Waals surface area contributed by atoms with Crippen molar-refractivity contribution >= 4 is 23.2 Å². The van der Waals surface area contributed by atoms with Crippen molar-refractivity contribution in [2.75, 3.05) is 18.2 Å². The number of nitrogens with one attached hydrogen (secondary N) is 3. The topological polar surface area (TPSA) is 79.9 Å². The zero-order chi connectivity index (χ0) is 20.1. The van der Waals surface area contributed by atoms with E-state index in [1.807, 2.05) is 4.90 Å². The van der Waals surface area contributed by atoms with Gasteiger partial charge in [-0.15, -0.1) is 0 Å². The smallest absolute Gasteiger partial charge is 0.395 e. The molecule has 1 aromatic rings. The molecule has 0 radical (unpaired) electrons. The first kappa shape index (κ1) is 19.5. The van der Waals surface area contributed by atoms with Crippen molar-refractivity contribution in [1.82, 2.24) is 21.0 Å². The Hall–Kier alpha value is -1.85. The number of aliphatic hydroxyl groups excluding tert-OH is 1. The van der Waals surface area contributed by atoms with Crippen LogP contribution in [0.5, 0.6) is 0 Å². The fourth-order valence-electron chi connectivity index (χ4n) is 3.77. The lowest BCUT2D eigenvalue weighted by Crippen LogP contribution is -2.68. The molecule has 2 fully saturated rings. The van der Waals surface area contributed by atoms with E-state index in [-0.39, 0.29) is 23.6 Å². The summed E-state index contributed by atoms with van der Waals surface area (Å²) in [6.45, 7) is 0.742. The van der Waals surface area contributed by atoms with E-state index in [0.717, 1.165) is 31.5 Å².